The molecule has 4 nitrogen and oxygen atoms in total. The second kappa shape index (κ2) is 6.60. The van der Waals surface area contributed by atoms with Crippen molar-refractivity contribution >= 4 is 11.8 Å². The molecule has 0 aromatic heterocycles. The predicted octanol–water partition coefficient (Wildman–Crippen LogP) is 3.41. The SMILES string of the molecule is CC(C)(C)N(NC(=O)c1ccccc1)C(=O)c1ccc(F)cc1. The van der Waals surface area contributed by atoms with Gasteiger partial charge in [0.2, 0.25) is 0 Å². The minimum Gasteiger partial charge on any atom is -0.267 e. The molecule has 0 unspecified atom stereocenters. The van der Waals surface area contributed by atoms with Gasteiger partial charge in [0.15, 0.2) is 0 Å². The molecule has 0 fully saturated rings. The average molecular weight is 314 g/mol. The average Bonchev–Trinajstić information content (AvgIpc) is 2.52. The quantitative estimate of drug-likeness (QED) is 0.864. The number of carbonyl (C=O) groups is 2. The first-order valence-electron chi connectivity index (χ1n) is 7.25. The van der Waals surface area contributed by atoms with Crippen LogP contribution in [0.25, 0.3) is 0 Å². The zero-order valence-electron chi connectivity index (χ0n) is 13.3. The highest BCUT2D eigenvalue weighted by Crippen LogP contribution is 2.16. The highest BCUT2D eigenvalue weighted by Gasteiger charge is 2.29. The maximum Gasteiger partial charge on any atom is 0.272 e. The van der Waals surface area contributed by atoms with E-state index in [1.807, 2.05) is 6.07 Å². The number of nitrogens with zero attached hydrogens (tertiary/aromatic N) is 1. The molecule has 0 saturated heterocycles. The Balaban J connectivity index is 2.26. The summed E-state index contributed by atoms with van der Waals surface area (Å²) >= 11 is 0. The molecule has 0 bridgehead atoms. The van der Waals surface area contributed by atoms with Crippen LogP contribution in [0, 0.1) is 5.82 Å². The fraction of sp³-hybridized carbons (Fsp3) is 0.222. The van der Waals surface area contributed by atoms with Crippen molar-refractivity contribution in [2.75, 3.05) is 0 Å². The predicted molar refractivity (Wildman–Crippen MR) is 86.2 cm³/mol. The summed E-state index contributed by atoms with van der Waals surface area (Å²) in [6.07, 6.45) is 0. The number of rotatable bonds is 2. The monoisotopic (exact) mass is 314 g/mol. The van der Waals surface area contributed by atoms with Crippen LogP contribution in [-0.4, -0.2) is 22.4 Å². The van der Waals surface area contributed by atoms with E-state index in [1.54, 1.807) is 45.0 Å². The van der Waals surface area contributed by atoms with E-state index < -0.39 is 17.3 Å². The smallest absolute Gasteiger partial charge is 0.267 e. The molecule has 0 aliphatic heterocycles. The van der Waals surface area contributed by atoms with Gasteiger partial charge in [-0.05, 0) is 57.2 Å². The molecule has 2 aromatic rings. The van der Waals surface area contributed by atoms with Crippen molar-refractivity contribution in [3.8, 4) is 0 Å². The van der Waals surface area contributed by atoms with Gasteiger partial charge in [0.1, 0.15) is 5.82 Å². The lowest BCUT2D eigenvalue weighted by Gasteiger charge is -2.35. The molecular formula is C18H19FN2O2. The Morgan fingerprint density at radius 2 is 1.48 bits per heavy atom. The van der Waals surface area contributed by atoms with Crippen LogP contribution in [0.5, 0.6) is 0 Å². The fourth-order valence-electron chi connectivity index (χ4n) is 2.00. The number of carbonyl (C=O) groups excluding carboxylic acids is 2. The molecular weight excluding hydrogens is 295 g/mol. The number of hydrogen-bond donors (Lipinski definition) is 1. The maximum absolute atomic E-state index is 13.0. The van der Waals surface area contributed by atoms with E-state index in [0.717, 1.165) is 0 Å². The Labute approximate surface area is 134 Å². The number of halogens is 1. The molecule has 5 heteroatoms. The summed E-state index contributed by atoms with van der Waals surface area (Å²) in [7, 11) is 0. The number of hydrogen-bond acceptors (Lipinski definition) is 2. The summed E-state index contributed by atoms with van der Waals surface area (Å²) in [4.78, 5) is 25.0. The second-order valence-electron chi connectivity index (χ2n) is 6.13. The van der Waals surface area contributed by atoms with E-state index in [4.69, 9.17) is 0 Å². The van der Waals surface area contributed by atoms with Gasteiger partial charge in [-0.1, -0.05) is 18.2 Å². The molecule has 0 saturated carbocycles. The van der Waals surface area contributed by atoms with Crippen molar-refractivity contribution in [3.63, 3.8) is 0 Å². The number of amides is 2. The van der Waals surface area contributed by atoms with Gasteiger partial charge in [-0.25, -0.2) is 9.40 Å². The third-order valence-electron chi connectivity index (χ3n) is 3.21. The van der Waals surface area contributed by atoms with Crippen LogP contribution >= 0.6 is 0 Å². The van der Waals surface area contributed by atoms with E-state index in [-0.39, 0.29) is 5.91 Å². The summed E-state index contributed by atoms with van der Waals surface area (Å²) in [5, 5.41) is 1.26. The number of benzene rings is 2. The molecule has 0 aliphatic rings. The first-order chi connectivity index (χ1) is 10.8. The summed E-state index contributed by atoms with van der Waals surface area (Å²) in [6.45, 7) is 5.42. The Bertz CT molecular complexity index is 691. The summed E-state index contributed by atoms with van der Waals surface area (Å²) in [6, 6.07) is 13.9. The lowest BCUT2D eigenvalue weighted by molar-refractivity contribution is 0.0358. The maximum atomic E-state index is 13.0. The Morgan fingerprint density at radius 1 is 0.913 bits per heavy atom. The number of nitrogens with one attached hydrogen (secondary N) is 1. The normalized spacial score (nSPS) is 11.0. The minimum atomic E-state index is -0.643. The largest absolute Gasteiger partial charge is 0.272 e. The Hall–Kier alpha value is -2.69. The van der Waals surface area contributed by atoms with Gasteiger partial charge in [-0.3, -0.25) is 15.0 Å². The fourth-order valence-corrected chi connectivity index (χ4v) is 2.00. The van der Waals surface area contributed by atoms with E-state index in [9.17, 15) is 14.0 Å². The summed E-state index contributed by atoms with van der Waals surface area (Å²) in [5.41, 5.74) is 2.75. The van der Waals surface area contributed by atoms with Crippen LogP contribution in [0.2, 0.25) is 0 Å². The molecule has 0 aliphatic carbocycles. The topological polar surface area (TPSA) is 49.4 Å². The van der Waals surface area contributed by atoms with Crippen LogP contribution in [0.15, 0.2) is 54.6 Å². The molecule has 23 heavy (non-hydrogen) atoms. The third-order valence-corrected chi connectivity index (χ3v) is 3.21. The molecule has 2 rings (SSSR count). The summed E-state index contributed by atoms with van der Waals surface area (Å²) < 4.78 is 13.0. The van der Waals surface area contributed by atoms with Crippen LogP contribution in [0.1, 0.15) is 41.5 Å². The van der Waals surface area contributed by atoms with Gasteiger partial charge in [0.05, 0.1) is 5.54 Å². The lowest BCUT2D eigenvalue weighted by atomic mass is 10.1. The Kier molecular flexibility index (Phi) is 4.79. The number of hydrazine groups is 1. The van der Waals surface area contributed by atoms with Crippen LogP contribution in [0.3, 0.4) is 0 Å². The second-order valence-corrected chi connectivity index (χ2v) is 6.13. The van der Waals surface area contributed by atoms with Gasteiger partial charge in [0.25, 0.3) is 11.8 Å². The molecule has 0 spiro atoms. The molecule has 0 atom stereocenters. The van der Waals surface area contributed by atoms with Crippen LogP contribution < -0.4 is 5.43 Å². The van der Waals surface area contributed by atoms with Gasteiger partial charge in [0, 0.05) is 11.1 Å². The molecule has 0 radical (unpaired) electrons. The van der Waals surface area contributed by atoms with Crippen molar-refractivity contribution in [1.29, 1.82) is 0 Å². The van der Waals surface area contributed by atoms with E-state index in [1.165, 1.54) is 29.3 Å². The molecule has 0 heterocycles. The zero-order valence-corrected chi connectivity index (χ0v) is 13.3. The van der Waals surface area contributed by atoms with E-state index >= 15 is 0 Å². The van der Waals surface area contributed by atoms with Crippen LogP contribution in [-0.2, 0) is 0 Å². The van der Waals surface area contributed by atoms with E-state index in [2.05, 4.69) is 5.43 Å². The standard InChI is InChI=1S/C18H19FN2O2/c1-18(2,3)21(17(23)14-9-11-15(19)12-10-14)20-16(22)13-7-5-4-6-8-13/h4-12H,1-3H3,(H,20,22). The lowest BCUT2D eigenvalue weighted by Crippen LogP contribution is -2.55. The first kappa shape index (κ1) is 16.7. The van der Waals surface area contributed by atoms with Crippen molar-refractivity contribution in [2.24, 2.45) is 0 Å². The van der Waals surface area contributed by atoms with Gasteiger partial charge >= 0.3 is 0 Å². The van der Waals surface area contributed by atoms with Crippen molar-refractivity contribution in [1.82, 2.24) is 10.4 Å². The highest BCUT2D eigenvalue weighted by molar-refractivity contribution is 5.99. The van der Waals surface area contributed by atoms with Crippen LogP contribution in [0.4, 0.5) is 4.39 Å². The van der Waals surface area contributed by atoms with Gasteiger partial charge < -0.3 is 0 Å². The van der Waals surface area contributed by atoms with E-state index in [0.29, 0.717) is 11.1 Å². The van der Waals surface area contributed by atoms with Crippen molar-refractivity contribution in [3.05, 3.63) is 71.5 Å². The van der Waals surface area contributed by atoms with Gasteiger partial charge in [-0.2, -0.15) is 0 Å². The molecule has 1 N–H and O–H groups in total. The van der Waals surface area contributed by atoms with Gasteiger partial charge in [-0.15, -0.1) is 0 Å². The molecule has 2 amide bonds. The van der Waals surface area contributed by atoms with Crippen molar-refractivity contribution < 1.29 is 14.0 Å². The minimum absolute atomic E-state index is 0.301. The molecule has 2 aromatic carbocycles. The molecule has 120 valence electrons. The summed E-state index contributed by atoms with van der Waals surface area (Å²) in [5.74, 6) is -1.20. The Morgan fingerprint density at radius 3 is 2.00 bits per heavy atom. The first-order valence-corrected chi connectivity index (χ1v) is 7.25. The zero-order chi connectivity index (χ0) is 17.0. The van der Waals surface area contributed by atoms with Crippen molar-refractivity contribution in [2.45, 2.75) is 26.3 Å². The third kappa shape index (κ3) is 4.16. The highest BCUT2D eigenvalue weighted by atomic mass is 19.1.